The van der Waals surface area contributed by atoms with E-state index < -0.39 is 10.8 Å². The number of ketones is 1. The summed E-state index contributed by atoms with van der Waals surface area (Å²) in [5, 5.41) is 0. The van der Waals surface area contributed by atoms with E-state index in [9.17, 15) is 9.00 Å². The first-order valence-corrected chi connectivity index (χ1v) is 7.02. The molecule has 0 spiro atoms. The standard InChI is InChI=1S/C14H20O2S/c1-10-6-7-12(8-11(10)2)13(15)9-17(16)14(3,4)5/h6-8H,9H2,1-5H3. The van der Waals surface area contributed by atoms with Crippen molar-refractivity contribution in [2.75, 3.05) is 5.75 Å². The summed E-state index contributed by atoms with van der Waals surface area (Å²) in [4.78, 5) is 12.0. The zero-order valence-electron chi connectivity index (χ0n) is 11.2. The van der Waals surface area contributed by atoms with Crippen LogP contribution >= 0.6 is 0 Å². The van der Waals surface area contributed by atoms with Crippen LogP contribution < -0.4 is 0 Å². The highest BCUT2D eigenvalue weighted by atomic mass is 32.2. The lowest BCUT2D eigenvalue weighted by Crippen LogP contribution is -2.27. The lowest BCUT2D eigenvalue weighted by Gasteiger charge is -2.17. The van der Waals surface area contributed by atoms with Crippen molar-refractivity contribution in [1.82, 2.24) is 0 Å². The predicted octanol–water partition coefficient (Wildman–Crippen LogP) is 3.03. The smallest absolute Gasteiger partial charge is 0.175 e. The van der Waals surface area contributed by atoms with Crippen LogP contribution in [0.25, 0.3) is 0 Å². The molecule has 0 N–H and O–H groups in total. The van der Waals surface area contributed by atoms with Crippen molar-refractivity contribution in [3.8, 4) is 0 Å². The Morgan fingerprint density at radius 3 is 2.24 bits per heavy atom. The van der Waals surface area contributed by atoms with Gasteiger partial charge in [-0.15, -0.1) is 0 Å². The summed E-state index contributed by atoms with van der Waals surface area (Å²) in [5.41, 5.74) is 2.92. The summed E-state index contributed by atoms with van der Waals surface area (Å²) in [5.74, 6) is 0.0628. The Kier molecular flexibility index (Phi) is 4.26. The largest absolute Gasteiger partial charge is 0.293 e. The molecule has 0 bridgehead atoms. The zero-order valence-corrected chi connectivity index (χ0v) is 12.0. The minimum absolute atomic E-state index is 0.0404. The molecule has 94 valence electrons. The van der Waals surface area contributed by atoms with Crippen LogP contribution in [0.5, 0.6) is 0 Å². The third-order valence-electron chi connectivity index (χ3n) is 2.77. The molecular formula is C14H20O2S. The van der Waals surface area contributed by atoms with E-state index >= 15 is 0 Å². The summed E-state index contributed by atoms with van der Waals surface area (Å²) < 4.78 is 11.6. The monoisotopic (exact) mass is 252 g/mol. The molecule has 0 heterocycles. The van der Waals surface area contributed by atoms with Gasteiger partial charge in [0.1, 0.15) is 0 Å². The molecule has 0 aliphatic carbocycles. The first kappa shape index (κ1) is 14.1. The van der Waals surface area contributed by atoms with Crippen molar-refractivity contribution >= 4 is 16.6 Å². The van der Waals surface area contributed by atoms with Crippen LogP contribution in [-0.4, -0.2) is 20.5 Å². The summed E-state index contributed by atoms with van der Waals surface area (Å²) >= 11 is 0. The molecule has 1 atom stereocenters. The topological polar surface area (TPSA) is 34.1 Å². The van der Waals surface area contributed by atoms with Gasteiger partial charge >= 0.3 is 0 Å². The van der Waals surface area contributed by atoms with Crippen molar-refractivity contribution in [3.63, 3.8) is 0 Å². The molecule has 3 heteroatoms. The fourth-order valence-corrected chi connectivity index (χ4v) is 2.17. The fourth-order valence-electron chi connectivity index (χ4n) is 1.33. The van der Waals surface area contributed by atoms with Gasteiger partial charge < -0.3 is 0 Å². The maximum Gasteiger partial charge on any atom is 0.175 e. The van der Waals surface area contributed by atoms with Gasteiger partial charge in [-0.2, -0.15) is 0 Å². The summed E-state index contributed by atoms with van der Waals surface area (Å²) in [6.07, 6.45) is 0. The zero-order chi connectivity index (χ0) is 13.2. The highest BCUT2D eigenvalue weighted by Crippen LogP contribution is 2.15. The third kappa shape index (κ3) is 3.77. The molecule has 1 aromatic carbocycles. The molecule has 0 aliphatic rings. The lowest BCUT2D eigenvalue weighted by atomic mass is 10.0. The molecule has 1 unspecified atom stereocenters. The van der Waals surface area contributed by atoms with Crippen LogP contribution in [0.3, 0.4) is 0 Å². The second-order valence-electron chi connectivity index (χ2n) is 5.32. The van der Waals surface area contributed by atoms with Crippen molar-refractivity contribution in [2.45, 2.75) is 39.4 Å². The Labute approximate surface area is 106 Å². The minimum atomic E-state index is -1.13. The van der Waals surface area contributed by atoms with Crippen LogP contribution in [0.1, 0.15) is 42.3 Å². The Bertz CT molecular complexity index is 456. The average molecular weight is 252 g/mol. The van der Waals surface area contributed by atoms with Gasteiger partial charge in [0.15, 0.2) is 5.78 Å². The maximum absolute atomic E-state index is 12.0. The number of hydrogen-bond acceptors (Lipinski definition) is 2. The quantitative estimate of drug-likeness (QED) is 0.775. The first-order chi connectivity index (χ1) is 7.71. The van der Waals surface area contributed by atoms with Crippen molar-refractivity contribution in [2.24, 2.45) is 0 Å². The SMILES string of the molecule is Cc1ccc(C(=O)CS(=O)C(C)(C)C)cc1C. The Morgan fingerprint density at radius 2 is 1.76 bits per heavy atom. The van der Waals surface area contributed by atoms with Crippen LogP contribution in [0, 0.1) is 13.8 Å². The van der Waals surface area contributed by atoms with Gasteiger partial charge in [-0.05, 0) is 51.8 Å². The second-order valence-corrected chi connectivity index (χ2v) is 7.53. The molecule has 1 aromatic rings. The summed E-state index contributed by atoms with van der Waals surface area (Å²) in [6.45, 7) is 9.65. The number of carbonyl (C=O) groups excluding carboxylic acids is 1. The van der Waals surface area contributed by atoms with Crippen molar-refractivity contribution < 1.29 is 9.00 Å². The summed E-state index contributed by atoms with van der Waals surface area (Å²) in [7, 11) is -1.13. The number of aryl methyl sites for hydroxylation is 2. The molecule has 0 amide bonds. The lowest BCUT2D eigenvalue weighted by molar-refractivity contribution is 0.102. The van der Waals surface area contributed by atoms with Gasteiger partial charge in [-0.25, -0.2) is 0 Å². The molecule has 0 saturated carbocycles. The highest BCUT2D eigenvalue weighted by molar-refractivity contribution is 7.87. The first-order valence-electron chi connectivity index (χ1n) is 5.71. The van der Waals surface area contributed by atoms with E-state index in [2.05, 4.69) is 0 Å². The van der Waals surface area contributed by atoms with E-state index in [1.54, 1.807) is 0 Å². The molecule has 0 aliphatic heterocycles. The van der Waals surface area contributed by atoms with Crippen LogP contribution in [0.2, 0.25) is 0 Å². The molecule has 0 aromatic heterocycles. The van der Waals surface area contributed by atoms with Crippen molar-refractivity contribution in [3.05, 3.63) is 34.9 Å². The molecule has 1 rings (SSSR count). The Hall–Kier alpha value is -0.960. The van der Waals surface area contributed by atoms with Crippen LogP contribution in [0.15, 0.2) is 18.2 Å². The molecule has 17 heavy (non-hydrogen) atoms. The normalized spacial score (nSPS) is 13.5. The number of hydrogen-bond donors (Lipinski definition) is 0. The third-order valence-corrected chi connectivity index (χ3v) is 4.66. The average Bonchev–Trinajstić information content (AvgIpc) is 2.20. The Balaban J connectivity index is 2.84. The molecule has 0 fully saturated rings. The number of carbonyl (C=O) groups is 1. The van der Waals surface area contributed by atoms with E-state index in [0.717, 1.165) is 5.56 Å². The van der Waals surface area contributed by atoms with E-state index in [4.69, 9.17) is 0 Å². The fraction of sp³-hybridized carbons (Fsp3) is 0.500. The van der Waals surface area contributed by atoms with Crippen LogP contribution in [0.4, 0.5) is 0 Å². The molecular weight excluding hydrogens is 232 g/mol. The molecule has 0 saturated heterocycles. The van der Waals surface area contributed by atoms with Gasteiger partial charge in [-0.1, -0.05) is 12.1 Å². The number of rotatable bonds is 3. The number of benzene rings is 1. The second kappa shape index (κ2) is 5.13. The minimum Gasteiger partial charge on any atom is -0.293 e. The molecule has 2 nitrogen and oxygen atoms in total. The van der Waals surface area contributed by atoms with Gasteiger partial charge in [0.25, 0.3) is 0 Å². The Morgan fingerprint density at radius 1 is 1.18 bits per heavy atom. The van der Waals surface area contributed by atoms with Gasteiger partial charge in [0.2, 0.25) is 0 Å². The van der Waals surface area contributed by atoms with E-state index in [1.807, 2.05) is 52.8 Å². The van der Waals surface area contributed by atoms with Gasteiger partial charge in [-0.3, -0.25) is 9.00 Å². The van der Waals surface area contributed by atoms with E-state index in [-0.39, 0.29) is 16.3 Å². The number of Topliss-reactive ketones (excluding diaryl/α,β-unsaturated/α-hetero) is 1. The maximum atomic E-state index is 12.0. The predicted molar refractivity (Wildman–Crippen MR) is 73.0 cm³/mol. The van der Waals surface area contributed by atoms with Crippen LogP contribution in [-0.2, 0) is 10.8 Å². The molecule has 0 radical (unpaired) electrons. The highest BCUT2D eigenvalue weighted by Gasteiger charge is 2.22. The summed E-state index contributed by atoms with van der Waals surface area (Å²) in [6, 6.07) is 5.62. The van der Waals surface area contributed by atoms with Gasteiger partial charge in [0, 0.05) is 21.1 Å². The van der Waals surface area contributed by atoms with Gasteiger partial charge in [0.05, 0.1) is 5.75 Å². The van der Waals surface area contributed by atoms with Crippen molar-refractivity contribution in [1.29, 1.82) is 0 Å². The van der Waals surface area contributed by atoms with E-state index in [0.29, 0.717) is 5.56 Å². The van der Waals surface area contributed by atoms with E-state index in [1.165, 1.54) is 5.56 Å².